The molecule has 0 radical (unpaired) electrons. The summed E-state index contributed by atoms with van der Waals surface area (Å²) in [7, 11) is -3.38. The van der Waals surface area contributed by atoms with E-state index in [0.29, 0.717) is 37.1 Å². The minimum Gasteiger partial charge on any atom is -0.393 e. The van der Waals surface area contributed by atoms with E-state index < -0.39 is 10.0 Å². The first-order valence-corrected chi connectivity index (χ1v) is 11.6. The number of aliphatic hydroxyl groups is 1. The molecule has 1 saturated heterocycles. The second-order valence-electron chi connectivity index (χ2n) is 8.14. The predicted octanol–water partition coefficient (Wildman–Crippen LogP) is 3.81. The van der Waals surface area contributed by atoms with E-state index in [4.69, 9.17) is 4.74 Å². The molecule has 0 aromatic heterocycles. The Morgan fingerprint density at radius 1 is 1.04 bits per heavy atom. The zero-order chi connectivity index (χ0) is 19.9. The standard InChI is InChI=1S/C21H35NO4S/c1-17(2)7-12-21(23)18(3)15-26-16-19-8-10-20(11-9-19)27(24,25)22-13-5-4-6-14-22/h8-11,17-18,21,23H,4-7,12-16H2,1-3H3/t18-,21-/m0/s1. The molecule has 2 rings (SSSR count). The van der Waals surface area contributed by atoms with Gasteiger partial charge >= 0.3 is 0 Å². The number of benzene rings is 1. The van der Waals surface area contributed by atoms with Crippen LogP contribution in [-0.4, -0.2) is 43.6 Å². The topological polar surface area (TPSA) is 66.8 Å². The lowest BCUT2D eigenvalue weighted by atomic mass is 9.97. The van der Waals surface area contributed by atoms with Gasteiger partial charge in [0.1, 0.15) is 0 Å². The third kappa shape index (κ3) is 6.86. The number of hydrogen-bond acceptors (Lipinski definition) is 4. The molecule has 0 aliphatic carbocycles. The van der Waals surface area contributed by atoms with Crippen LogP contribution in [0.5, 0.6) is 0 Å². The molecule has 1 heterocycles. The number of aliphatic hydroxyl groups excluding tert-OH is 1. The Labute approximate surface area is 164 Å². The molecule has 154 valence electrons. The minimum absolute atomic E-state index is 0.0857. The van der Waals surface area contributed by atoms with Crippen LogP contribution < -0.4 is 0 Å². The summed E-state index contributed by atoms with van der Waals surface area (Å²) >= 11 is 0. The molecule has 0 saturated carbocycles. The first-order chi connectivity index (χ1) is 12.8. The highest BCUT2D eigenvalue weighted by molar-refractivity contribution is 7.89. The van der Waals surface area contributed by atoms with Crippen molar-refractivity contribution >= 4 is 10.0 Å². The maximum atomic E-state index is 12.7. The Hall–Kier alpha value is -0.950. The van der Waals surface area contributed by atoms with Gasteiger partial charge in [0, 0.05) is 19.0 Å². The maximum absolute atomic E-state index is 12.7. The number of piperidine rings is 1. The van der Waals surface area contributed by atoms with E-state index in [1.165, 1.54) is 0 Å². The van der Waals surface area contributed by atoms with Crippen molar-refractivity contribution in [3.63, 3.8) is 0 Å². The highest BCUT2D eigenvalue weighted by Gasteiger charge is 2.25. The van der Waals surface area contributed by atoms with E-state index in [-0.39, 0.29) is 12.0 Å². The van der Waals surface area contributed by atoms with Crippen molar-refractivity contribution in [1.82, 2.24) is 4.31 Å². The zero-order valence-electron chi connectivity index (χ0n) is 16.9. The van der Waals surface area contributed by atoms with Gasteiger partial charge in [-0.15, -0.1) is 0 Å². The number of sulfonamides is 1. The molecule has 1 aromatic carbocycles. The van der Waals surface area contributed by atoms with Gasteiger partial charge in [0.15, 0.2) is 0 Å². The third-order valence-electron chi connectivity index (χ3n) is 5.22. The molecule has 0 spiro atoms. The Morgan fingerprint density at radius 3 is 2.26 bits per heavy atom. The second kappa shape index (κ2) is 10.6. The van der Waals surface area contributed by atoms with Crippen LogP contribution in [0, 0.1) is 11.8 Å². The number of rotatable bonds is 10. The van der Waals surface area contributed by atoms with Crippen LogP contribution in [0.1, 0.15) is 58.4 Å². The molecular formula is C21H35NO4S. The Bertz CT molecular complexity index is 651. The first kappa shape index (κ1) is 22.3. The molecule has 1 N–H and O–H groups in total. The van der Waals surface area contributed by atoms with Crippen LogP contribution in [0.3, 0.4) is 0 Å². The van der Waals surface area contributed by atoms with Gasteiger partial charge in [0.05, 0.1) is 24.2 Å². The van der Waals surface area contributed by atoms with Gasteiger partial charge in [-0.25, -0.2) is 8.42 Å². The molecule has 1 aromatic rings. The highest BCUT2D eigenvalue weighted by Crippen LogP contribution is 2.21. The lowest BCUT2D eigenvalue weighted by Gasteiger charge is -2.25. The Kier molecular flexibility index (Phi) is 8.73. The summed E-state index contributed by atoms with van der Waals surface area (Å²) in [6.45, 7) is 8.46. The molecule has 5 nitrogen and oxygen atoms in total. The van der Waals surface area contributed by atoms with E-state index >= 15 is 0 Å². The van der Waals surface area contributed by atoms with E-state index in [2.05, 4.69) is 13.8 Å². The molecule has 1 aliphatic heterocycles. The average molecular weight is 398 g/mol. The Morgan fingerprint density at radius 2 is 1.67 bits per heavy atom. The molecule has 1 aliphatic rings. The van der Waals surface area contributed by atoms with Crippen molar-refractivity contribution in [3.05, 3.63) is 29.8 Å². The van der Waals surface area contributed by atoms with Gasteiger partial charge in [-0.05, 0) is 49.3 Å². The van der Waals surface area contributed by atoms with Crippen molar-refractivity contribution in [2.24, 2.45) is 11.8 Å². The largest absolute Gasteiger partial charge is 0.393 e. The van der Waals surface area contributed by atoms with E-state index in [1.807, 2.05) is 19.1 Å². The average Bonchev–Trinajstić information content (AvgIpc) is 2.67. The van der Waals surface area contributed by atoms with Crippen molar-refractivity contribution in [2.75, 3.05) is 19.7 Å². The summed E-state index contributed by atoms with van der Waals surface area (Å²) in [4.78, 5) is 0.352. The number of hydrogen-bond donors (Lipinski definition) is 1. The lowest BCUT2D eigenvalue weighted by molar-refractivity contribution is 0.0231. The third-order valence-corrected chi connectivity index (χ3v) is 7.14. The smallest absolute Gasteiger partial charge is 0.243 e. The van der Waals surface area contributed by atoms with Crippen LogP contribution in [0.4, 0.5) is 0 Å². The molecule has 2 atom stereocenters. The van der Waals surface area contributed by atoms with Crippen LogP contribution in [-0.2, 0) is 21.4 Å². The molecule has 0 amide bonds. The summed E-state index contributed by atoms with van der Waals surface area (Å²) in [6, 6.07) is 6.97. The van der Waals surface area contributed by atoms with Crippen LogP contribution in [0.25, 0.3) is 0 Å². The zero-order valence-corrected chi connectivity index (χ0v) is 17.7. The molecular weight excluding hydrogens is 362 g/mol. The minimum atomic E-state index is -3.38. The summed E-state index contributed by atoms with van der Waals surface area (Å²) in [6.07, 6.45) is 4.44. The van der Waals surface area contributed by atoms with Crippen molar-refractivity contribution in [3.8, 4) is 0 Å². The lowest BCUT2D eigenvalue weighted by Crippen LogP contribution is -2.35. The molecule has 27 heavy (non-hydrogen) atoms. The summed E-state index contributed by atoms with van der Waals surface area (Å²) < 4.78 is 32.6. The molecule has 0 unspecified atom stereocenters. The monoisotopic (exact) mass is 397 g/mol. The number of nitrogens with zero attached hydrogens (tertiary/aromatic N) is 1. The predicted molar refractivity (Wildman–Crippen MR) is 108 cm³/mol. The maximum Gasteiger partial charge on any atom is 0.243 e. The normalized spacial score (nSPS) is 18.6. The molecule has 6 heteroatoms. The van der Waals surface area contributed by atoms with Crippen molar-refractivity contribution in [1.29, 1.82) is 0 Å². The van der Waals surface area contributed by atoms with Gasteiger partial charge in [-0.2, -0.15) is 4.31 Å². The molecule has 1 fully saturated rings. The summed E-state index contributed by atoms with van der Waals surface area (Å²) in [5, 5.41) is 10.2. The SMILES string of the molecule is CC(C)CC[C@H](O)[C@@H](C)COCc1ccc(S(=O)(=O)N2CCCCC2)cc1. The van der Waals surface area contributed by atoms with Gasteiger partial charge in [-0.3, -0.25) is 0 Å². The van der Waals surface area contributed by atoms with Gasteiger partial charge < -0.3 is 9.84 Å². The fourth-order valence-electron chi connectivity index (χ4n) is 3.27. The van der Waals surface area contributed by atoms with Crippen LogP contribution in [0.15, 0.2) is 29.2 Å². The van der Waals surface area contributed by atoms with E-state index in [1.54, 1.807) is 16.4 Å². The van der Waals surface area contributed by atoms with Gasteiger partial charge in [-0.1, -0.05) is 39.3 Å². The fourth-order valence-corrected chi connectivity index (χ4v) is 4.79. The van der Waals surface area contributed by atoms with E-state index in [9.17, 15) is 13.5 Å². The first-order valence-electron chi connectivity index (χ1n) is 10.2. The second-order valence-corrected chi connectivity index (χ2v) is 10.1. The van der Waals surface area contributed by atoms with Crippen molar-refractivity contribution in [2.45, 2.75) is 70.5 Å². The summed E-state index contributed by atoms with van der Waals surface area (Å²) in [5.74, 6) is 0.676. The van der Waals surface area contributed by atoms with Crippen LogP contribution >= 0.6 is 0 Å². The van der Waals surface area contributed by atoms with E-state index in [0.717, 1.165) is 37.7 Å². The van der Waals surface area contributed by atoms with Gasteiger partial charge in [0.25, 0.3) is 0 Å². The quantitative estimate of drug-likeness (QED) is 0.652. The van der Waals surface area contributed by atoms with Crippen LogP contribution in [0.2, 0.25) is 0 Å². The molecule has 0 bridgehead atoms. The van der Waals surface area contributed by atoms with Gasteiger partial charge in [0.2, 0.25) is 10.0 Å². The van der Waals surface area contributed by atoms with Crippen molar-refractivity contribution < 1.29 is 18.3 Å². The number of ether oxygens (including phenoxy) is 1. The summed E-state index contributed by atoms with van der Waals surface area (Å²) in [5.41, 5.74) is 0.941. The highest BCUT2D eigenvalue weighted by atomic mass is 32.2. The Balaban J connectivity index is 1.81. The fraction of sp³-hybridized carbons (Fsp3) is 0.714.